The number of nitrogens with two attached hydrogens (primary N) is 1. The van der Waals surface area contributed by atoms with E-state index in [9.17, 15) is 14.4 Å². The van der Waals surface area contributed by atoms with Gasteiger partial charge in [-0.25, -0.2) is 9.78 Å². The van der Waals surface area contributed by atoms with E-state index in [0.717, 1.165) is 11.3 Å². The van der Waals surface area contributed by atoms with Crippen LogP contribution in [0, 0.1) is 0 Å². The maximum Gasteiger partial charge on any atom is 0.353 e. The second-order valence-electron chi connectivity index (χ2n) is 5.06. The van der Waals surface area contributed by atoms with Crippen LogP contribution in [0.3, 0.4) is 0 Å². The van der Waals surface area contributed by atoms with E-state index in [1.54, 1.807) is 5.38 Å². The van der Waals surface area contributed by atoms with Gasteiger partial charge < -0.3 is 21.0 Å². The number of carboxylic acids is 1. The summed E-state index contributed by atoms with van der Waals surface area (Å²) in [6.07, 6.45) is 0. The van der Waals surface area contributed by atoms with E-state index >= 15 is 0 Å². The number of carbonyl (C=O) groups is 3. The second kappa shape index (κ2) is 6.72. The minimum Gasteiger partial charge on any atom is -0.477 e. The van der Waals surface area contributed by atoms with Gasteiger partial charge in [0.2, 0.25) is 0 Å². The zero-order valence-electron chi connectivity index (χ0n) is 12.8. The van der Waals surface area contributed by atoms with Gasteiger partial charge >= 0.3 is 5.97 Å². The molecule has 4 N–H and O–H groups in total. The fraction of sp³-hybridized carbons (Fsp3) is 0.308. The number of carboxylic acid groups (broad SMARTS) is 1. The van der Waals surface area contributed by atoms with Crippen molar-refractivity contribution in [1.82, 2.24) is 15.2 Å². The van der Waals surface area contributed by atoms with E-state index < -0.39 is 29.9 Å². The monoisotopic (exact) mass is 383 g/mol. The highest BCUT2D eigenvalue weighted by Gasteiger charge is 2.52. The van der Waals surface area contributed by atoms with Gasteiger partial charge in [0.25, 0.3) is 11.8 Å². The summed E-state index contributed by atoms with van der Waals surface area (Å²) in [7, 11) is 1.28. The van der Waals surface area contributed by atoms with Gasteiger partial charge in [-0.15, -0.1) is 23.1 Å². The topological polar surface area (TPSA) is 147 Å². The number of hydrogen-bond donors (Lipinski definition) is 3. The van der Waals surface area contributed by atoms with Crippen LogP contribution in [0.1, 0.15) is 5.69 Å². The van der Waals surface area contributed by atoms with Gasteiger partial charge in [-0.1, -0.05) is 5.16 Å². The van der Waals surface area contributed by atoms with Crippen molar-refractivity contribution in [3.05, 3.63) is 22.2 Å². The summed E-state index contributed by atoms with van der Waals surface area (Å²) < 4.78 is 0. The Kier molecular flexibility index (Phi) is 4.63. The highest BCUT2D eigenvalue weighted by Crippen LogP contribution is 2.34. The number of fused-ring (bicyclic) bond motifs is 1. The van der Waals surface area contributed by atoms with Gasteiger partial charge in [0.05, 0.1) is 6.04 Å². The predicted molar refractivity (Wildman–Crippen MR) is 90.8 cm³/mol. The Labute approximate surface area is 149 Å². The van der Waals surface area contributed by atoms with Crippen LogP contribution in [0.4, 0.5) is 5.13 Å². The summed E-state index contributed by atoms with van der Waals surface area (Å²) in [4.78, 5) is 45.7. The maximum atomic E-state index is 12.5. The van der Waals surface area contributed by atoms with Crippen LogP contribution < -0.4 is 11.1 Å². The molecule has 2 aliphatic rings. The molecule has 0 radical (unpaired) electrons. The average Bonchev–Trinajstić information content (AvgIpc) is 3.02. The first kappa shape index (κ1) is 17.2. The van der Waals surface area contributed by atoms with E-state index in [1.165, 1.54) is 29.2 Å². The maximum absolute atomic E-state index is 12.5. The van der Waals surface area contributed by atoms with Gasteiger partial charge in [0, 0.05) is 16.5 Å². The molecule has 1 saturated heterocycles. The molecule has 1 aromatic heterocycles. The molecular formula is C13H13N5O5S2. The van der Waals surface area contributed by atoms with Gasteiger partial charge in [-0.2, -0.15) is 0 Å². The van der Waals surface area contributed by atoms with Crippen molar-refractivity contribution >= 4 is 51.7 Å². The quantitative estimate of drug-likeness (QED) is 0.348. The molecule has 2 unspecified atom stereocenters. The number of anilines is 1. The van der Waals surface area contributed by atoms with Gasteiger partial charge in [0.15, 0.2) is 10.8 Å². The number of amides is 2. The summed E-state index contributed by atoms with van der Waals surface area (Å²) in [5, 5.41) is 18.6. The second-order valence-corrected chi connectivity index (χ2v) is 6.85. The largest absolute Gasteiger partial charge is 0.477 e. The molecule has 0 saturated carbocycles. The summed E-state index contributed by atoms with van der Waals surface area (Å²) in [5.41, 5.74) is 5.59. The third-order valence-electron chi connectivity index (χ3n) is 3.61. The Balaban J connectivity index is 1.75. The Hall–Kier alpha value is -2.60. The molecule has 0 aliphatic carbocycles. The molecule has 3 rings (SSSR count). The molecule has 1 aromatic rings. The minimum absolute atomic E-state index is 0.0881. The summed E-state index contributed by atoms with van der Waals surface area (Å²) in [5.74, 6) is -1.84. The molecule has 2 atom stereocenters. The lowest BCUT2D eigenvalue weighted by atomic mass is 9.95. The first-order valence-electron chi connectivity index (χ1n) is 6.95. The lowest BCUT2D eigenvalue weighted by Gasteiger charge is -2.48. The number of nitrogens with one attached hydrogen (secondary N) is 1. The zero-order valence-corrected chi connectivity index (χ0v) is 14.5. The van der Waals surface area contributed by atoms with Crippen LogP contribution in [0.5, 0.6) is 0 Å². The number of rotatable bonds is 5. The molecule has 132 valence electrons. The predicted octanol–water partition coefficient (Wildman–Crippen LogP) is -0.556. The Morgan fingerprint density at radius 1 is 1.56 bits per heavy atom. The lowest BCUT2D eigenvalue weighted by molar-refractivity contribution is -0.153. The zero-order chi connectivity index (χ0) is 18.1. The third-order valence-corrected chi connectivity index (χ3v) is 5.21. The molecule has 0 aromatic carbocycles. The molecule has 0 spiro atoms. The number of thiazole rings is 1. The minimum atomic E-state index is -1.19. The number of nitrogens with zero attached hydrogens (tertiary/aromatic N) is 3. The van der Waals surface area contributed by atoms with E-state index in [0.29, 0.717) is 5.75 Å². The van der Waals surface area contributed by atoms with Crippen LogP contribution in [-0.4, -0.2) is 63.4 Å². The number of aliphatic carboxylic acids is 1. The van der Waals surface area contributed by atoms with Crippen LogP contribution >= 0.6 is 23.1 Å². The van der Waals surface area contributed by atoms with Gasteiger partial charge in [-0.05, 0) is 0 Å². The molecule has 2 amide bonds. The number of carbonyl (C=O) groups excluding carboxylic acids is 2. The van der Waals surface area contributed by atoms with Gasteiger partial charge in [0.1, 0.15) is 24.5 Å². The SMILES string of the molecule is CON=C(C(=O)NC1C(=O)N2C(C(=O)O)=CSCC12)c1csc(N)n1. The van der Waals surface area contributed by atoms with Crippen LogP contribution in [0.15, 0.2) is 21.6 Å². The molecule has 25 heavy (non-hydrogen) atoms. The third kappa shape index (κ3) is 3.05. The van der Waals surface area contributed by atoms with Crippen molar-refractivity contribution in [3.8, 4) is 0 Å². The summed E-state index contributed by atoms with van der Waals surface area (Å²) in [6.45, 7) is 0. The van der Waals surface area contributed by atoms with Crippen LogP contribution in [0.25, 0.3) is 0 Å². The highest BCUT2D eigenvalue weighted by molar-refractivity contribution is 8.02. The number of aromatic nitrogens is 1. The highest BCUT2D eigenvalue weighted by atomic mass is 32.2. The van der Waals surface area contributed by atoms with E-state index in [1.807, 2.05) is 0 Å². The van der Waals surface area contributed by atoms with Crippen molar-refractivity contribution in [3.63, 3.8) is 0 Å². The molecule has 12 heteroatoms. The van der Waals surface area contributed by atoms with Crippen molar-refractivity contribution in [2.24, 2.45) is 5.16 Å². The van der Waals surface area contributed by atoms with Crippen molar-refractivity contribution in [2.75, 3.05) is 18.6 Å². The average molecular weight is 383 g/mol. The van der Waals surface area contributed by atoms with Gasteiger partial charge in [-0.3, -0.25) is 14.5 Å². The number of nitrogen functional groups attached to an aromatic ring is 1. The van der Waals surface area contributed by atoms with Crippen LogP contribution in [0.2, 0.25) is 0 Å². The Morgan fingerprint density at radius 2 is 2.32 bits per heavy atom. The summed E-state index contributed by atoms with van der Waals surface area (Å²) in [6, 6.07) is -1.26. The fourth-order valence-corrected chi connectivity index (χ4v) is 4.06. The molecule has 3 heterocycles. The number of thioether (sulfide) groups is 1. The lowest BCUT2D eigenvalue weighted by Crippen LogP contribution is -2.72. The normalized spacial score (nSPS) is 22.6. The smallest absolute Gasteiger partial charge is 0.353 e. The van der Waals surface area contributed by atoms with Crippen molar-refractivity contribution < 1.29 is 24.3 Å². The molecule has 1 fully saturated rings. The number of hydrogen-bond acceptors (Lipinski definition) is 9. The Morgan fingerprint density at radius 3 is 2.92 bits per heavy atom. The first-order chi connectivity index (χ1) is 11.9. The molecular weight excluding hydrogens is 370 g/mol. The Bertz CT molecular complexity index is 804. The fourth-order valence-electron chi connectivity index (χ4n) is 2.51. The summed E-state index contributed by atoms with van der Waals surface area (Å²) >= 11 is 2.41. The molecule has 2 aliphatic heterocycles. The first-order valence-corrected chi connectivity index (χ1v) is 8.88. The van der Waals surface area contributed by atoms with E-state index in [4.69, 9.17) is 10.8 Å². The molecule has 10 nitrogen and oxygen atoms in total. The standard InChI is InChI=1S/C13H13N5O5S2/c1-23-17-8(5-2-25-13(14)15-5)10(19)16-9-6-3-24-4-7(12(21)22)18(6)11(9)20/h2,4,6,9H,3H2,1H3,(H2,14,15)(H,16,19)(H,21,22). The van der Waals surface area contributed by atoms with Crippen molar-refractivity contribution in [1.29, 1.82) is 0 Å². The number of β-lactam (4-membered cyclic amide) rings is 1. The van der Waals surface area contributed by atoms with E-state index in [-0.39, 0.29) is 22.2 Å². The van der Waals surface area contributed by atoms with Crippen molar-refractivity contribution in [2.45, 2.75) is 12.1 Å². The number of oxime groups is 1. The van der Waals surface area contributed by atoms with E-state index in [2.05, 4.69) is 20.3 Å². The molecule has 0 bridgehead atoms. The van der Waals surface area contributed by atoms with Crippen LogP contribution in [-0.2, 0) is 19.2 Å².